The van der Waals surface area contributed by atoms with Crippen LogP contribution >= 0.6 is 11.6 Å². The summed E-state index contributed by atoms with van der Waals surface area (Å²) in [6, 6.07) is 5.32. The number of benzene rings is 1. The van der Waals surface area contributed by atoms with Crippen LogP contribution < -0.4 is 22.6 Å². The van der Waals surface area contributed by atoms with E-state index in [2.05, 4.69) is 9.73 Å². The maximum absolute atomic E-state index is 11.1. The second kappa shape index (κ2) is 4.06. The minimum absolute atomic E-state index is 0.0723. The Morgan fingerprint density at radius 2 is 2.18 bits per heavy atom. The first-order valence-corrected chi connectivity index (χ1v) is 5.17. The Kier molecular flexibility index (Phi) is 2.72. The van der Waals surface area contributed by atoms with E-state index in [0.717, 1.165) is 10.2 Å². The molecule has 7 heteroatoms. The maximum Gasteiger partial charge on any atom is 0.441 e. The first-order chi connectivity index (χ1) is 8.00. The second-order valence-corrected chi connectivity index (χ2v) is 3.90. The average molecular weight is 255 g/mol. The van der Waals surface area contributed by atoms with Crippen molar-refractivity contribution in [1.82, 2.24) is 4.68 Å². The fourth-order valence-electron chi connectivity index (χ4n) is 1.39. The van der Waals surface area contributed by atoms with E-state index in [9.17, 15) is 4.79 Å². The van der Waals surface area contributed by atoms with Gasteiger partial charge in [-0.1, -0.05) is 17.7 Å². The summed E-state index contributed by atoms with van der Waals surface area (Å²) >= 11 is 5.97. The van der Waals surface area contributed by atoms with Gasteiger partial charge in [0, 0.05) is 10.7 Å². The minimum atomic E-state index is -0.732. The first kappa shape index (κ1) is 11.4. The maximum atomic E-state index is 11.1. The van der Waals surface area contributed by atoms with Crippen molar-refractivity contribution in [3.8, 4) is 0 Å². The number of nitrogens with zero attached hydrogens (tertiary/aromatic N) is 1. The Morgan fingerprint density at radius 1 is 1.47 bits per heavy atom. The van der Waals surface area contributed by atoms with Crippen molar-refractivity contribution in [3.05, 3.63) is 39.3 Å². The van der Waals surface area contributed by atoms with Gasteiger partial charge < -0.3 is 21.3 Å². The van der Waals surface area contributed by atoms with Crippen LogP contribution in [-0.2, 0) is 0 Å². The molecule has 1 heterocycles. The molecule has 0 unspecified atom stereocenters. The summed E-state index contributed by atoms with van der Waals surface area (Å²) < 4.78 is 5.45. The van der Waals surface area contributed by atoms with Crippen LogP contribution in [0.25, 0.3) is 0 Å². The SMILES string of the molecule is Cc1c(Cl)cccc1Nc1c(N)oc(=O)n1N. The van der Waals surface area contributed by atoms with E-state index in [1.807, 2.05) is 6.92 Å². The molecule has 0 aliphatic heterocycles. The monoisotopic (exact) mass is 254 g/mol. The zero-order chi connectivity index (χ0) is 12.6. The van der Waals surface area contributed by atoms with Gasteiger partial charge in [0.2, 0.25) is 5.88 Å². The van der Waals surface area contributed by atoms with Gasteiger partial charge in [0.05, 0.1) is 0 Å². The van der Waals surface area contributed by atoms with Crippen LogP contribution in [0.4, 0.5) is 17.4 Å². The fourth-order valence-corrected chi connectivity index (χ4v) is 1.57. The van der Waals surface area contributed by atoms with Crippen LogP contribution in [0.1, 0.15) is 5.56 Å². The second-order valence-electron chi connectivity index (χ2n) is 3.49. The number of anilines is 3. The summed E-state index contributed by atoms with van der Waals surface area (Å²) in [7, 11) is 0. The van der Waals surface area contributed by atoms with E-state index in [1.165, 1.54) is 0 Å². The van der Waals surface area contributed by atoms with E-state index in [0.29, 0.717) is 10.7 Å². The molecule has 90 valence electrons. The van der Waals surface area contributed by atoms with Crippen molar-refractivity contribution in [1.29, 1.82) is 0 Å². The van der Waals surface area contributed by atoms with Gasteiger partial charge in [-0.05, 0) is 24.6 Å². The molecule has 1 aromatic carbocycles. The predicted octanol–water partition coefficient (Wildman–Crippen LogP) is 1.44. The lowest BCUT2D eigenvalue weighted by atomic mass is 10.2. The summed E-state index contributed by atoms with van der Waals surface area (Å²) in [6.45, 7) is 1.83. The number of nitrogens with two attached hydrogens (primary N) is 2. The van der Waals surface area contributed by atoms with Crippen molar-refractivity contribution in [2.75, 3.05) is 16.9 Å². The van der Waals surface area contributed by atoms with E-state index in [4.69, 9.17) is 23.2 Å². The minimum Gasteiger partial charge on any atom is -0.388 e. The Labute approximate surface area is 102 Å². The molecule has 6 nitrogen and oxygen atoms in total. The Balaban J connectivity index is 2.45. The van der Waals surface area contributed by atoms with E-state index >= 15 is 0 Å². The van der Waals surface area contributed by atoms with Crippen LogP contribution in [0.2, 0.25) is 5.02 Å². The highest BCUT2D eigenvalue weighted by Gasteiger charge is 2.13. The quantitative estimate of drug-likeness (QED) is 0.705. The van der Waals surface area contributed by atoms with Crippen molar-refractivity contribution in [2.45, 2.75) is 6.92 Å². The molecule has 17 heavy (non-hydrogen) atoms. The lowest BCUT2D eigenvalue weighted by Crippen LogP contribution is -2.23. The number of hydrogen-bond acceptors (Lipinski definition) is 5. The van der Waals surface area contributed by atoms with Gasteiger partial charge in [0.1, 0.15) is 0 Å². The van der Waals surface area contributed by atoms with E-state index in [-0.39, 0.29) is 11.7 Å². The van der Waals surface area contributed by atoms with Gasteiger partial charge >= 0.3 is 5.76 Å². The third-order valence-electron chi connectivity index (χ3n) is 2.39. The molecule has 2 rings (SSSR count). The molecular formula is C10H11ClN4O2. The Hall–Kier alpha value is -2.08. The summed E-state index contributed by atoms with van der Waals surface area (Å²) in [6.07, 6.45) is 0. The third-order valence-corrected chi connectivity index (χ3v) is 2.80. The average Bonchev–Trinajstić information content (AvgIpc) is 2.51. The number of nitrogens with one attached hydrogen (secondary N) is 1. The van der Waals surface area contributed by atoms with Crippen molar-refractivity contribution < 1.29 is 4.42 Å². The molecule has 0 saturated heterocycles. The number of hydrogen-bond donors (Lipinski definition) is 3. The van der Waals surface area contributed by atoms with Crippen LogP contribution in [0.3, 0.4) is 0 Å². The molecule has 0 spiro atoms. The smallest absolute Gasteiger partial charge is 0.388 e. The summed E-state index contributed by atoms with van der Waals surface area (Å²) in [4.78, 5) is 11.1. The molecule has 1 aromatic heterocycles. The topological polar surface area (TPSA) is 99.2 Å². The van der Waals surface area contributed by atoms with Gasteiger partial charge in [-0.25, -0.2) is 4.79 Å². The van der Waals surface area contributed by atoms with Crippen LogP contribution in [0.5, 0.6) is 0 Å². The first-order valence-electron chi connectivity index (χ1n) is 4.79. The lowest BCUT2D eigenvalue weighted by Gasteiger charge is -2.09. The molecule has 0 amide bonds. The number of halogens is 1. The molecular weight excluding hydrogens is 244 g/mol. The molecule has 0 aliphatic carbocycles. The highest BCUT2D eigenvalue weighted by atomic mass is 35.5. The predicted molar refractivity (Wildman–Crippen MR) is 67.0 cm³/mol. The zero-order valence-corrected chi connectivity index (χ0v) is 9.78. The third kappa shape index (κ3) is 1.94. The molecule has 0 radical (unpaired) electrons. The summed E-state index contributed by atoms with van der Waals surface area (Å²) in [5, 5.41) is 3.51. The van der Waals surface area contributed by atoms with Crippen molar-refractivity contribution in [3.63, 3.8) is 0 Å². The van der Waals surface area contributed by atoms with Crippen LogP contribution in [0, 0.1) is 6.92 Å². The number of rotatable bonds is 2. The normalized spacial score (nSPS) is 10.5. The van der Waals surface area contributed by atoms with Gasteiger partial charge in [0.25, 0.3) is 0 Å². The zero-order valence-electron chi connectivity index (χ0n) is 9.03. The van der Waals surface area contributed by atoms with Crippen molar-refractivity contribution >= 4 is 29.0 Å². The van der Waals surface area contributed by atoms with Crippen LogP contribution in [-0.4, -0.2) is 4.68 Å². The van der Waals surface area contributed by atoms with E-state index in [1.54, 1.807) is 18.2 Å². The van der Waals surface area contributed by atoms with Crippen molar-refractivity contribution in [2.24, 2.45) is 0 Å². The number of oxazole rings is 1. The Morgan fingerprint density at radius 3 is 2.76 bits per heavy atom. The Bertz CT molecular complexity index is 617. The standard InChI is InChI=1S/C10H11ClN4O2/c1-5-6(11)3-2-4-7(5)14-9-8(12)17-10(16)15(9)13/h2-4,14H,12-13H2,1H3. The number of nitrogen functional groups attached to an aromatic ring is 2. The lowest BCUT2D eigenvalue weighted by molar-refractivity contribution is 0.516. The fraction of sp³-hybridized carbons (Fsp3) is 0.100. The van der Waals surface area contributed by atoms with E-state index < -0.39 is 5.76 Å². The highest BCUT2D eigenvalue weighted by Crippen LogP contribution is 2.27. The molecule has 0 saturated carbocycles. The van der Waals surface area contributed by atoms with Crippen LogP contribution in [0.15, 0.2) is 27.4 Å². The van der Waals surface area contributed by atoms with Gasteiger partial charge in [-0.15, -0.1) is 0 Å². The summed E-state index contributed by atoms with van der Waals surface area (Å²) in [5.74, 6) is 4.86. The summed E-state index contributed by atoms with van der Waals surface area (Å²) in [5.41, 5.74) is 7.04. The van der Waals surface area contributed by atoms with Gasteiger partial charge in [0.15, 0.2) is 5.82 Å². The molecule has 0 aliphatic rings. The molecule has 0 fully saturated rings. The largest absolute Gasteiger partial charge is 0.441 e. The number of aromatic nitrogens is 1. The molecule has 0 bridgehead atoms. The van der Waals surface area contributed by atoms with Gasteiger partial charge in [-0.3, -0.25) is 0 Å². The molecule has 0 atom stereocenters. The highest BCUT2D eigenvalue weighted by molar-refractivity contribution is 6.31. The molecule has 2 aromatic rings. The molecule has 5 N–H and O–H groups in total. The van der Waals surface area contributed by atoms with Gasteiger partial charge in [-0.2, -0.15) is 4.68 Å².